The van der Waals surface area contributed by atoms with Gasteiger partial charge in [0.1, 0.15) is 5.75 Å². The van der Waals surface area contributed by atoms with Gasteiger partial charge in [-0.3, -0.25) is 4.79 Å². The number of hydrogen-bond acceptors (Lipinski definition) is 2. The molecule has 0 saturated carbocycles. The van der Waals surface area contributed by atoms with Gasteiger partial charge in [-0.05, 0) is 24.3 Å². The van der Waals surface area contributed by atoms with Gasteiger partial charge in [0.25, 0.3) is 5.91 Å². The van der Waals surface area contributed by atoms with Crippen LogP contribution in [-0.2, 0) is 0 Å². The highest BCUT2D eigenvalue weighted by Gasteiger charge is 2.19. The van der Waals surface area contributed by atoms with Crippen LogP contribution in [0.1, 0.15) is 10.4 Å². The summed E-state index contributed by atoms with van der Waals surface area (Å²) in [6, 6.07) is 11.1. The van der Waals surface area contributed by atoms with Crippen molar-refractivity contribution in [3.8, 4) is 5.75 Å². The number of carbonyl (C=O) groups is 1. The van der Waals surface area contributed by atoms with Gasteiger partial charge in [0.15, 0.2) is 17.5 Å². The number of benzene rings is 3. The minimum absolute atomic E-state index is 0.0256. The van der Waals surface area contributed by atoms with E-state index in [0.29, 0.717) is 22.5 Å². The van der Waals surface area contributed by atoms with Crippen LogP contribution in [-0.4, -0.2) is 11.0 Å². The first-order valence-electron chi connectivity index (χ1n) is 6.64. The van der Waals surface area contributed by atoms with Crippen LogP contribution < -0.4 is 5.32 Å². The van der Waals surface area contributed by atoms with Gasteiger partial charge in [-0.25, -0.2) is 13.2 Å². The summed E-state index contributed by atoms with van der Waals surface area (Å²) in [6.45, 7) is 0. The van der Waals surface area contributed by atoms with E-state index in [-0.39, 0.29) is 5.75 Å². The molecule has 0 bridgehead atoms. The zero-order chi connectivity index (χ0) is 16.6. The molecule has 3 rings (SSSR count). The highest BCUT2D eigenvalue weighted by molar-refractivity contribution is 6.10. The molecule has 116 valence electrons. The molecule has 1 amide bonds. The van der Waals surface area contributed by atoms with Crippen molar-refractivity contribution in [1.82, 2.24) is 0 Å². The van der Waals surface area contributed by atoms with E-state index in [0.717, 1.165) is 6.07 Å². The van der Waals surface area contributed by atoms with Gasteiger partial charge in [0.2, 0.25) is 0 Å². The molecule has 23 heavy (non-hydrogen) atoms. The molecule has 0 unspecified atom stereocenters. The fourth-order valence-corrected chi connectivity index (χ4v) is 2.29. The molecule has 3 aromatic rings. The first kappa shape index (κ1) is 14.9. The van der Waals surface area contributed by atoms with E-state index in [4.69, 9.17) is 0 Å². The third kappa shape index (κ3) is 2.59. The number of aromatic hydroxyl groups is 1. The van der Waals surface area contributed by atoms with Gasteiger partial charge in [0, 0.05) is 16.5 Å². The molecule has 3 nitrogen and oxygen atoms in total. The van der Waals surface area contributed by atoms with E-state index in [1.54, 1.807) is 30.3 Å². The van der Waals surface area contributed by atoms with Gasteiger partial charge in [-0.1, -0.05) is 24.3 Å². The average Bonchev–Trinajstić information content (AvgIpc) is 2.53. The van der Waals surface area contributed by atoms with Gasteiger partial charge in [-0.15, -0.1) is 0 Å². The summed E-state index contributed by atoms with van der Waals surface area (Å²) < 4.78 is 39.8. The maximum absolute atomic E-state index is 13.7. The van der Waals surface area contributed by atoms with Crippen molar-refractivity contribution in [3.05, 3.63) is 71.5 Å². The lowest BCUT2D eigenvalue weighted by atomic mass is 10.1. The molecule has 0 saturated heterocycles. The maximum Gasteiger partial charge on any atom is 0.258 e. The molecule has 0 spiro atoms. The Hall–Kier alpha value is -3.02. The molecule has 0 fully saturated rings. The number of fused-ring (bicyclic) bond motifs is 1. The highest BCUT2D eigenvalue weighted by atomic mass is 19.2. The third-order valence-electron chi connectivity index (χ3n) is 3.43. The summed E-state index contributed by atoms with van der Waals surface area (Å²) in [5, 5.41) is 13.3. The summed E-state index contributed by atoms with van der Waals surface area (Å²) in [6.07, 6.45) is 0. The molecule has 0 heterocycles. The Morgan fingerprint density at radius 2 is 1.57 bits per heavy atom. The van der Waals surface area contributed by atoms with E-state index in [1.165, 1.54) is 6.07 Å². The molecular formula is C17H10F3NO2. The number of carbonyl (C=O) groups excluding carboxylic acids is 1. The Kier molecular flexibility index (Phi) is 3.65. The topological polar surface area (TPSA) is 49.3 Å². The van der Waals surface area contributed by atoms with Gasteiger partial charge in [0.05, 0.1) is 5.56 Å². The van der Waals surface area contributed by atoms with Crippen LogP contribution in [0.4, 0.5) is 18.9 Å². The fraction of sp³-hybridized carbons (Fsp3) is 0. The minimum Gasteiger partial charge on any atom is -0.507 e. The lowest BCUT2D eigenvalue weighted by molar-refractivity contribution is 0.102. The van der Waals surface area contributed by atoms with Crippen molar-refractivity contribution < 1.29 is 23.1 Å². The molecule has 3 aromatic carbocycles. The van der Waals surface area contributed by atoms with Crippen LogP contribution in [0.15, 0.2) is 48.5 Å². The predicted octanol–water partition coefficient (Wildman–Crippen LogP) is 4.21. The van der Waals surface area contributed by atoms with E-state index in [2.05, 4.69) is 5.32 Å². The minimum atomic E-state index is -1.70. The molecule has 6 heteroatoms. The Morgan fingerprint density at radius 3 is 2.35 bits per heavy atom. The fourth-order valence-electron chi connectivity index (χ4n) is 2.29. The molecular weight excluding hydrogens is 307 g/mol. The van der Waals surface area contributed by atoms with Crippen LogP contribution in [0, 0.1) is 17.5 Å². The number of amides is 1. The monoisotopic (exact) mass is 317 g/mol. The van der Waals surface area contributed by atoms with Crippen molar-refractivity contribution in [2.24, 2.45) is 0 Å². The van der Waals surface area contributed by atoms with E-state index < -0.39 is 28.9 Å². The predicted molar refractivity (Wildman–Crippen MR) is 79.9 cm³/mol. The number of phenols is 1. The summed E-state index contributed by atoms with van der Waals surface area (Å²) in [5.74, 6) is -5.51. The van der Waals surface area contributed by atoms with Crippen molar-refractivity contribution in [2.45, 2.75) is 0 Å². The Morgan fingerprint density at radius 1 is 0.870 bits per heavy atom. The Labute approximate surface area is 129 Å². The zero-order valence-corrected chi connectivity index (χ0v) is 11.6. The van der Waals surface area contributed by atoms with Crippen molar-refractivity contribution in [3.63, 3.8) is 0 Å². The lowest BCUT2D eigenvalue weighted by Crippen LogP contribution is -2.15. The number of hydrogen-bond donors (Lipinski definition) is 2. The first-order chi connectivity index (χ1) is 11.0. The van der Waals surface area contributed by atoms with E-state index in [9.17, 15) is 23.1 Å². The smallest absolute Gasteiger partial charge is 0.258 e. The molecule has 2 N–H and O–H groups in total. The summed E-state index contributed by atoms with van der Waals surface area (Å²) in [4.78, 5) is 12.1. The van der Waals surface area contributed by atoms with Crippen LogP contribution in [0.2, 0.25) is 0 Å². The SMILES string of the molecule is O=C(Nc1cccc2c(O)cccc12)c1ccc(F)c(F)c1F. The first-order valence-corrected chi connectivity index (χ1v) is 6.64. The summed E-state index contributed by atoms with van der Waals surface area (Å²) >= 11 is 0. The van der Waals surface area contributed by atoms with Crippen molar-refractivity contribution in [1.29, 1.82) is 0 Å². The lowest BCUT2D eigenvalue weighted by Gasteiger charge is -2.10. The van der Waals surface area contributed by atoms with Crippen LogP contribution >= 0.6 is 0 Å². The van der Waals surface area contributed by atoms with E-state index in [1.807, 2.05) is 0 Å². The second-order valence-corrected chi connectivity index (χ2v) is 4.85. The largest absolute Gasteiger partial charge is 0.507 e. The molecule has 0 aliphatic carbocycles. The molecule has 0 aromatic heterocycles. The molecule has 0 radical (unpaired) electrons. The zero-order valence-electron chi connectivity index (χ0n) is 11.6. The van der Waals surface area contributed by atoms with Gasteiger partial charge >= 0.3 is 0 Å². The maximum atomic E-state index is 13.7. The van der Waals surface area contributed by atoms with Crippen LogP contribution in [0.3, 0.4) is 0 Å². The number of halogens is 3. The van der Waals surface area contributed by atoms with Crippen molar-refractivity contribution in [2.75, 3.05) is 5.32 Å². The summed E-state index contributed by atoms with van der Waals surface area (Å²) in [7, 11) is 0. The van der Waals surface area contributed by atoms with Gasteiger partial charge in [-0.2, -0.15) is 0 Å². The number of anilines is 1. The standard InChI is InChI=1S/C17H10F3NO2/c18-12-8-7-11(15(19)16(12)20)17(23)21-13-5-1-4-10-9(13)3-2-6-14(10)22/h1-8,22H,(H,21,23). The number of phenolic OH excluding ortho intramolecular Hbond substituents is 1. The Bertz CT molecular complexity index is 925. The van der Waals surface area contributed by atoms with Crippen molar-refractivity contribution >= 4 is 22.4 Å². The molecule has 0 aliphatic rings. The average molecular weight is 317 g/mol. The second kappa shape index (κ2) is 5.64. The highest BCUT2D eigenvalue weighted by Crippen LogP contribution is 2.30. The van der Waals surface area contributed by atoms with Gasteiger partial charge < -0.3 is 10.4 Å². The number of rotatable bonds is 2. The molecule has 0 atom stereocenters. The number of nitrogens with one attached hydrogen (secondary N) is 1. The summed E-state index contributed by atoms with van der Waals surface area (Å²) in [5.41, 5.74) is -0.298. The third-order valence-corrected chi connectivity index (χ3v) is 3.43. The Balaban J connectivity index is 2.02. The second-order valence-electron chi connectivity index (χ2n) is 4.85. The molecule has 0 aliphatic heterocycles. The van der Waals surface area contributed by atoms with E-state index >= 15 is 0 Å². The normalized spacial score (nSPS) is 10.7. The van der Waals surface area contributed by atoms with Crippen LogP contribution in [0.5, 0.6) is 5.75 Å². The quantitative estimate of drug-likeness (QED) is 0.695. The van der Waals surface area contributed by atoms with Crippen LogP contribution in [0.25, 0.3) is 10.8 Å².